The first-order chi connectivity index (χ1) is 12.3. The molecule has 0 saturated carbocycles. The summed E-state index contributed by atoms with van der Waals surface area (Å²) in [6.07, 6.45) is 2.24. The molecule has 134 valence electrons. The lowest BCUT2D eigenvalue weighted by Gasteiger charge is -2.21. The monoisotopic (exact) mass is 347 g/mol. The van der Waals surface area contributed by atoms with Gasteiger partial charge in [-0.05, 0) is 43.2 Å². The molecule has 2 N–H and O–H groups in total. The minimum atomic E-state index is -0.277. The Morgan fingerprint density at radius 1 is 1.32 bits per heavy atom. The van der Waals surface area contributed by atoms with Crippen molar-refractivity contribution in [1.29, 1.82) is 0 Å². The van der Waals surface area contributed by atoms with Gasteiger partial charge in [-0.2, -0.15) is 0 Å². The van der Waals surface area contributed by atoms with E-state index in [9.17, 15) is 4.39 Å². The third kappa shape index (κ3) is 4.73. The van der Waals surface area contributed by atoms with Gasteiger partial charge in [0.25, 0.3) is 0 Å². The molecule has 0 bridgehead atoms. The summed E-state index contributed by atoms with van der Waals surface area (Å²) in [7, 11) is 0. The number of furan rings is 1. The summed E-state index contributed by atoms with van der Waals surface area (Å²) in [5.74, 6) is 1.94. The molecule has 1 aliphatic heterocycles. The number of fused-ring (bicyclic) bond motifs is 1. The van der Waals surface area contributed by atoms with E-state index in [2.05, 4.69) is 15.6 Å². The maximum atomic E-state index is 13.8. The quantitative estimate of drug-likeness (QED) is 0.621. The zero-order valence-corrected chi connectivity index (χ0v) is 14.2. The van der Waals surface area contributed by atoms with Crippen molar-refractivity contribution in [2.45, 2.75) is 26.5 Å². The van der Waals surface area contributed by atoms with Crippen LogP contribution in [-0.2, 0) is 24.3 Å². The van der Waals surface area contributed by atoms with Gasteiger partial charge in [-0.3, -0.25) is 0 Å². The maximum Gasteiger partial charge on any atom is 0.191 e. The van der Waals surface area contributed by atoms with Gasteiger partial charge in [0.05, 0.1) is 12.9 Å². The molecule has 0 amide bonds. The first kappa shape index (κ1) is 17.3. The van der Waals surface area contributed by atoms with Crippen LogP contribution in [0.1, 0.15) is 23.8 Å². The van der Waals surface area contributed by atoms with E-state index in [1.807, 2.05) is 19.1 Å². The fourth-order valence-corrected chi connectivity index (χ4v) is 2.66. The lowest BCUT2D eigenvalue weighted by atomic mass is 10.1. The SMILES string of the molecule is CCNC(=NCc1ccco1)NCCc1cc(F)cc2c1OCOC2. The molecule has 0 radical (unpaired) electrons. The highest BCUT2D eigenvalue weighted by atomic mass is 19.1. The summed E-state index contributed by atoms with van der Waals surface area (Å²) in [6, 6.07) is 6.69. The molecule has 3 rings (SSSR count). The van der Waals surface area contributed by atoms with E-state index in [1.165, 1.54) is 12.1 Å². The van der Waals surface area contributed by atoms with E-state index >= 15 is 0 Å². The zero-order chi connectivity index (χ0) is 17.5. The van der Waals surface area contributed by atoms with Gasteiger partial charge in [-0.1, -0.05) is 0 Å². The van der Waals surface area contributed by atoms with E-state index in [0.717, 1.165) is 29.2 Å². The molecule has 25 heavy (non-hydrogen) atoms. The molecule has 0 unspecified atom stereocenters. The van der Waals surface area contributed by atoms with Crippen molar-refractivity contribution in [2.75, 3.05) is 19.9 Å². The largest absolute Gasteiger partial charge is 0.467 e. The fraction of sp³-hybridized carbons (Fsp3) is 0.389. The molecule has 1 aliphatic rings. The molecule has 0 fully saturated rings. The van der Waals surface area contributed by atoms with Crippen LogP contribution in [0.4, 0.5) is 4.39 Å². The highest BCUT2D eigenvalue weighted by Gasteiger charge is 2.16. The van der Waals surface area contributed by atoms with Crippen molar-refractivity contribution < 1.29 is 18.3 Å². The normalized spacial score (nSPS) is 13.9. The molecule has 0 atom stereocenters. The number of benzene rings is 1. The van der Waals surface area contributed by atoms with Crippen LogP contribution < -0.4 is 15.4 Å². The van der Waals surface area contributed by atoms with E-state index in [1.54, 1.807) is 6.26 Å². The highest BCUT2D eigenvalue weighted by molar-refractivity contribution is 5.79. The van der Waals surface area contributed by atoms with Crippen LogP contribution in [-0.4, -0.2) is 25.8 Å². The van der Waals surface area contributed by atoms with Gasteiger partial charge in [0.15, 0.2) is 12.8 Å². The summed E-state index contributed by atoms with van der Waals surface area (Å²) in [5.41, 5.74) is 1.58. The van der Waals surface area contributed by atoms with E-state index in [4.69, 9.17) is 13.9 Å². The first-order valence-corrected chi connectivity index (χ1v) is 8.32. The van der Waals surface area contributed by atoms with Crippen LogP contribution in [0.15, 0.2) is 39.9 Å². The third-order valence-corrected chi connectivity index (χ3v) is 3.76. The van der Waals surface area contributed by atoms with Gasteiger partial charge in [0, 0.05) is 18.7 Å². The minimum Gasteiger partial charge on any atom is -0.467 e. The predicted octanol–water partition coefficient (Wildman–Crippen LogP) is 2.58. The summed E-state index contributed by atoms with van der Waals surface area (Å²) in [4.78, 5) is 4.47. The zero-order valence-electron chi connectivity index (χ0n) is 14.2. The van der Waals surface area contributed by atoms with Gasteiger partial charge >= 0.3 is 0 Å². The van der Waals surface area contributed by atoms with E-state index < -0.39 is 0 Å². The number of guanidine groups is 1. The molecule has 0 aliphatic carbocycles. The van der Waals surface area contributed by atoms with Crippen molar-refractivity contribution in [3.63, 3.8) is 0 Å². The predicted molar refractivity (Wildman–Crippen MR) is 91.9 cm³/mol. The second-order valence-corrected chi connectivity index (χ2v) is 5.62. The van der Waals surface area contributed by atoms with Crippen LogP contribution >= 0.6 is 0 Å². The topological polar surface area (TPSA) is 68.0 Å². The Balaban J connectivity index is 1.60. The fourth-order valence-electron chi connectivity index (χ4n) is 2.66. The Morgan fingerprint density at radius 2 is 2.24 bits per heavy atom. The number of nitrogens with zero attached hydrogens (tertiary/aromatic N) is 1. The molecule has 1 aromatic carbocycles. The summed E-state index contributed by atoms with van der Waals surface area (Å²) in [6.45, 7) is 4.38. The van der Waals surface area contributed by atoms with Crippen molar-refractivity contribution in [3.05, 3.63) is 53.2 Å². The van der Waals surface area contributed by atoms with Crippen LogP contribution in [0.5, 0.6) is 5.75 Å². The van der Waals surface area contributed by atoms with Crippen molar-refractivity contribution in [2.24, 2.45) is 4.99 Å². The number of rotatable bonds is 6. The number of hydrogen-bond donors (Lipinski definition) is 2. The Labute approximate surface area is 146 Å². The average molecular weight is 347 g/mol. The van der Waals surface area contributed by atoms with Crippen molar-refractivity contribution in [3.8, 4) is 5.75 Å². The Hall–Kier alpha value is -2.54. The van der Waals surface area contributed by atoms with Crippen molar-refractivity contribution >= 4 is 5.96 Å². The van der Waals surface area contributed by atoms with Crippen LogP contribution in [0.3, 0.4) is 0 Å². The maximum absolute atomic E-state index is 13.8. The van der Waals surface area contributed by atoms with Crippen LogP contribution in [0.25, 0.3) is 0 Å². The van der Waals surface area contributed by atoms with Gasteiger partial charge in [0.1, 0.15) is 23.9 Å². The Kier molecular flexibility index (Phi) is 5.90. The van der Waals surface area contributed by atoms with Crippen LogP contribution in [0.2, 0.25) is 0 Å². The number of hydrogen-bond acceptors (Lipinski definition) is 4. The molecule has 7 heteroatoms. The summed E-state index contributed by atoms with van der Waals surface area (Å²) in [5, 5.41) is 6.42. The standard InChI is InChI=1S/C18H22FN3O3/c1-2-20-18(22-10-16-4-3-7-24-16)21-6-5-13-8-15(19)9-14-11-23-12-25-17(13)14/h3-4,7-9H,2,5-6,10-12H2,1H3,(H2,20,21,22). The van der Waals surface area contributed by atoms with Gasteiger partial charge in [-0.15, -0.1) is 0 Å². The molecule has 0 saturated heterocycles. The number of ether oxygens (including phenoxy) is 2. The number of aliphatic imine (C=N–C) groups is 1. The molecular weight excluding hydrogens is 325 g/mol. The third-order valence-electron chi connectivity index (χ3n) is 3.76. The van der Waals surface area contributed by atoms with Crippen molar-refractivity contribution in [1.82, 2.24) is 10.6 Å². The smallest absolute Gasteiger partial charge is 0.191 e. The second kappa shape index (κ2) is 8.53. The second-order valence-electron chi connectivity index (χ2n) is 5.62. The number of nitrogens with one attached hydrogen (secondary N) is 2. The summed E-state index contributed by atoms with van der Waals surface area (Å²) < 4.78 is 29.8. The number of halogens is 1. The lowest BCUT2D eigenvalue weighted by Crippen LogP contribution is -2.38. The Bertz CT molecular complexity index is 717. The summed E-state index contributed by atoms with van der Waals surface area (Å²) >= 11 is 0. The van der Waals surface area contributed by atoms with Crippen LogP contribution in [0, 0.1) is 5.82 Å². The lowest BCUT2D eigenvalue weighted by molar-refractivity contribution is -0.0172. The molecule has 2 heterocycles. The molecule has 6 nitrogen and oxygen atoms in total. The Morgan fingerprint density at radius 3 is 3.04 bits per heavy atom. The molecule has 0 spiro atoms. The molecule has 1 aromatic heterocycles. The van der Waals surface area contributed by atoms with E-state index in [0.29, 0.717) is 32.1 Å². The average Bonchev–Trinajstić information content (AvgIpc) is 3.13. The van der Waals surface area contributed by atoms with Gasteiger partial charge in [-0.25, -0.2) is 9.38 Å². The van der Waals surface area contributed by atoms with Gasteiger partial charge < -0.3 is 24.5 Å². The first-order valence-electron chi connectivity index (χ1n) is 8.32. The minimum absolute atomic E-state index is 0.201. The van der Waals surface area contributed by atoms with E-state index in [-0.39, 0.29) is 12.6 Å². The highest BCUT2D eigenvalue weighted by Crippen LogP contribution is 2.29. The molecular formula is C18H22FN3O3. The molecule has 2 aromatic rings. The van der Waals surface area contributed by atoms with Gasteiger partial charge in [0.2, 0.25) is 0 Å².